The lowest BCUT2D eigenvalue weighted by atomic mass is 10.0. The molecule has 0 bridgehead atoms. The molecule has 3 nitrogen and oxygen atoms in total. The smallest absolute Gasteiger partial charge is 0.0223 e. The maximum absolute atomic E-state index is 2.80. The van der Waals surface area contributed by atoms with Gasteiger partial charge in [-0.3, -0.25) is 4.90 Å². The van der Waals surface area contributed by atoms with E-state index in [1.807, 2.05) is 0 Å². The molecule has 3 heteroatoms. The van der Waals surface area contributed by atoms with E-state index in [2.05, 4.69) is 28.5 Å². The Morgan fingerprint density at radius 2 is 1.75 bits per heavy atom. The molecular weight excluding hydrogens is 246 g/mol. The fraction of sp³-hybridized carbons (Fsp3) is 1.00. The van der Waals surface area contributed by atoms with Gasteiger partial charge in [0.1, 0.15) is 0 Å². The Kier molecular flexibility index (Phi) is 5.00. The summed E-state index contributed by atoms with van der Waals surface area (Å²) in [7, 11) is 0. The maximum Gasteiger partial charge on any atom is 0.0223 e. The quantitative estimate of drug-likeness (QED) is 0.785. The molecule has 3 rings (SSSR count). The van der Waals surface area contributed by atoms with Gasteiger partial charge in [0.15, 0.2) is 0 Å². The molecule has 0 aliphatic carbocycles. The first kappa shape index (κ1) is 14.8. The van der Waals surface area contributed by atoms with Crippen molar-refractivity contribution in [3.8, 4) is 0 Å². The lowest BCUT2D eigenvalue weighted by Crippen LogP contribution is -2.45. The normalized spacial score (nSPS) is 34.4. The minimum Gasteiger partial charge on any atom is -0.301 e. The third kappa shape index (κ3) is 3.55. The van der Waals surface area contributed by atoms with Crippen LogP contribution in [0, 0.1) is 5.92 Å². The van der Waals surface area contributed by atoms with Gasteiger partial charge in [0.25, 0.3) is 0 Å². The van der Waals surface area contributed by atoms with E-state index in [-0.39, 0.29) is 0 Å². The summed E-state index contributed by atoms with van der Waals surface area (Å²) >= 11 is 0. The van der Waals surface area contributed by atoms with Crippen molar-refractivity contribution in [1.29, 1.82) is 0 Å². The lowest BCUT2D eigenvalue weighted by molar-refractivity contribution is 0.130. The topological polar surface area (TPSA) is 9.72 Å². The minimum absolute atomic E-state index is 0.734. The van der Waals surface area contributed by atoms with Crippen LogP contribution in [0.2, 0.25) is 0 Å². The Morgan fingerprint density at radius 3 is 2.55 bits per heavy atom. The number of hydrogen-bond acceptors (Lipinski definition) is 3. The van der Waals surface area contributed by atoms with Crippen molar-refractivity contribution in [3.05, 3.63) is 0 Å². The van der Waals surface area contributed by atoms with Crippen LogP contribution >= 0.6 is 0 Å². The van der Waals surface area contributed by atoms with Gasteiger partial charge in [0.05, 0.1) is 0 Å². The van der Waals surface area contributed by atoms with Crippen molar-refractivity contribution >= 4 is 0 Å². The van der Waals surface area contributed by atoms with Crippen LogP contribution in [0.1, 0.15) is 46.0 Å². The minimum atomic E-state index is 0.734. The Morgan fingerprint density at radius 1 is 0.900 bits per heavy atom. The van der Waals surface area contributed by atoms with E-state index < -0.39 is 0 Å². The highest BCUT2D eigenvalue weighted by Crippen LogP contribution is 2.24. The molecule has 3 saturated heterocycles. The van der Waals surface area contributed by atoms with Crippen molar-refractivity contribution in [3.63, 3.8) is 0 Å². The number of likely N-dealkylation sites (tertiary alicyclic amines) is 1. The van der Waals surface area contributed by atoms with Gasteiger partial charge >= 0.3 is 0 Å². The summed E-state index contributed by atoms with van der Waals surface area (Å²) in [5, 5.41) is 0. The fourth-order valence-electron chi connectivity index (χ4n) is 4.46. The van der Waals surface area contributed by atoms with E-state index >= 15 is 0 Å². The highest BCUT2D eigenvalue weighted by molar-refractivity contribution is 4.86. The largest absolute Gasteiger partial charge is 0.301 e. The first-order chi connectivity index (χ1) is 9.72. The molecule has 3 fully saturated rings. The molecule has 20 heavy (non-hydrogen) atoms. The number of rotatable bonds is 3. The molecule has 2 atom stereocenters. The van der Waals surface area contributed by atoms with E-state index in [9.17, 15) is 0 Å². The number of piperidine rings is 1. The summed E-state index contributed by atoms with van der Waals surface area (Å²) in [6.45, 7) is 14.1. The number of fused-ring (bicyclic) bond motifs is 1. The van der Waals surface area contributed by atoms with Crippen LogP contribution in [0.4, 0.5) is 0 Å². The zero-order valence-corrected chi connectivity index (χ0v) is 13.6. The molecule has 0 amide bonds. The van der Waals surface area contributed by atoms with Gasteiger partial charge in [-0.2, -0.15) is 0 Å². The van der Waals surface area contributed by atoms with E-state index in [4.69, 9.17) is 0 Å². The van der Waals surface area contributed by atoms with Gasteiger partial charge in [-0.05, 0) is 71.6 Å². The second-order valence-corrected chi connectivity index (χ2v) is 7.54. The van der Waals surface area contributed by atoms with Gasteiger partial charge in [-0.15, -0.1) is 0 Å². The van der Waals surface area contributed by atoms with Crippen LogP contribution in [0.15, 0.2) is 0 Å². The molecule has 0 aromatic rings. The Balaban J connectivity index is 1.50. The van der Waals surface area contributed by atoms with Gasteiger partial charge in [-0.1, -0.05) is 6.42 Å². The van der Waals surface area contributed by atoms with Crippen LogP contribution in [0.25, 0.3) is 0 Å². The van der Waals surface area contributed by atoms with Crippen molar-refractivity contribution < 1.29 is 0 Å². The second kappa shape index (κ2) is 6.76. The Bertz CT molecular complexity index is 305. The average molecular weight is 279 g/mol. The van der Waals surface area contributed by atoms with Crippen LogP contribution in [-0.4, -0.2) is 72.6 Å². The van der Waals surface area contributed by atoms with Crippen LogP contribution in [0.3, 0.4) is 0 Å². The third-order valence-corrected chi connectivity index (χ3v) is 5.70. The zero-order valence-electron chi connectivity index (χ0n) is 13.6. The highest BCUT2D eigenvalue weighted by Gasteiger charge is 2.30. The molecule has 116 valence electrons. The van der Waals surface area contributed by atoms with Crippen molar-refractivity contribution in [2.45, 2.75) is 58.0 Å². The fourth-order valence-corrected chi connectivity index (χ4v) is 4.46. The lowest BCUT2D eigenvalue weighted by Gasteiger charge is -2.36. The summed E-state index contributed by atoms with van der Waals surface area (Å²) < 4.78 is 0. The Hall–Kier alpha value is -0.120. The first-order valence-corrected chi connectivity index (χ1v) is 8.93. The predicted molar refractivity (Wildman–Crippen MR) is 85.1 cm³/mol. The monoisotopic (exact) mass is 279 g/mol. The summed E-state index contributed by atoms with van der Waals surface area (Å²) in [5.74, 6) is 0.924. The molecule has 3 aliphatic rings. The summed E-state index contributed by atoms with van der Waals surface area (Å²) in [6.07, 6.45) is 7.14. The van der Waals surface area contributed by atoms with E-state index in [0.717, 1.165) is 18.0 Å². The zero-order chi connectivity index (χ0) is 13.9. The third-order valence-electron chi connectivity index (χ3n) is 5.70. The van der Waals surface area contributed by atoms with Gasteiger partial charge in [0, 0.05) is 31.7 Å². The van der Waals surface area contributed by atoms with Crippen LogP contribution < -0.4 is 0 Å². The van der Waals surface area contributed by atoms with E-state index in [0.29, 0.717) is 0 Å². The summed E-state index contributed by atoms with van der Waals surface area (Å²) in [5.41, 5.74) is 0. The maximum atomic E-state index is 2.80. The van der Waals surface area contributed by atoms with Gasteiger partial charge < -0.3 is 9.80 Å². The second-order valence-electron chi connectivity index (χ2n) is 7.54. The standard InChI is InChI=1S/C17H33N3/c1-15(2)20-11-7-16(13-20)12-18-8-5-10-19-9-4-3-6-17(19)14-18/h15-17H,3-14H2,1-2H3. The van der Waals surface area contributed by atoms with Gasteiger partial charge in [0.2, 0.25) is 0 Å². The molecular formula is C17H33N3. The predicted octanol–water partition coefficient (Wildman–Crippen LogP) is 2.28. The number of nitrogens with zero attached hydrogens (tertiary/aromatic N) is 3. The molecule has 0 radical (unpaired) electrons. The summed E-state index contributed by atoms with van der Waals surface area (Å²) in [6, 6.07) is 1.60. The molecule has 3 aliphatic heterocycles. The van der Waals surface area contributed by atoms with Crippen LogP contribution in [0.5, 0.6) is 0 Å². The SMILES string of the molecule is CC(C)N1CCC(CN2CCCN3CCCCC3C2)C1. The van der Waals surface area contributed by atoms with Crippen LogP contribution in [-0.2, 0) is 0 Å². The number of hydrogen-bond donors (Lipinski definition) is 0. The molecule has 0 aromatic heterocycles. The highest BCUT2D eigenvalue weighted by atomic mass is 15.3. The first-order valence-electron chi connectivity index (χ1n) is 8.93. The van der Waals surface area contributed by atoms with E-state index in [1.54, 1.807) is 0 Å². The van der Waals surface area contributed by atoms with Crippen molar-refractivity contribution in [2.24, 2.45) is 5.92 Å². The van der Waals surface area contributed by atoms with E-state index in [1.165, 1.54) is 77.9 Å². The molecule has 0 saturated carbocycles. The summed E-state index contributed by atoms with van der Waals surface area (Å²) in [4.78, 5) is 8.23. The molecule has 2 unspecified atom stereocenters. The molecule has 0 N–H and O–H groups in total. The Labute approximate surface area is 125 Å². The molecule has 0 spiro atoms. The van der Waals surface area contributed by atoms with Crippen molar-refractivity contribution in [2.75, 3.05) is 45.8 Å². The molecule has 3 heterocycles. The van der Waals surface area contributed by atoms with Gasteiger partial charge in [-0.25, -0.2) is 0 Å². The molecule has 0 aromatic carbocycles. The van der Waals surface area contributed by atoms with Crippen molar-refractivity contribution in [1.82, 2.24) is 14.7 Å². The average Bonchev–Trinajstić information content (AvgIpc) is 2.80.